The van der Waals surface area contributed by atoms with E-state index in [2.05, 4.69) is 36.2 Å². The van der Waals surface area contributed by atoms with Gasteiger partial charge in [0.05, 0.1) is 13.2 Å². The number of hydrogen-bond donors (Lipinski definition) is 0. The number of nitrogens with zero attached hydrogens (tertiary/aromatic N) is 1. The highest BCUT2D eigenvalue weighted by Gasteiger charge is 1.86. The van der Waals surface area contributed by atoms with Crippen LogP contribution in [0.4, 0.5) is 0 Å². The van der Waals surface area contributed by atoms with Crippen LogP contribution in [0.25, 0.3) is 0 Å². The van der Waals surface area contributed by atoms with Gasteiger partial charge in [0.25, 0.3) is 0 Å². The van der Waals surface area contributed by atoms with Crippen LogP contribution in [-0.4, -0.2) is 26.5 Å². The number of ether oxygens (including phenoxy) is 1. The van der Waals surface area contributed by atoms with E-state index in [9.17, 15) is 0 Å². The second-order valence-electron chi connectivity index (χ2n) is 2.94. The maximum atomic E-state index is 4.89. The highest BCUT2D eigenvalue weighted by Crippen LogP contribution is 1.99. The van der Waals surface area contributed by atoms with E-state index in [4.69, 9.17) is 4.74 Å². The minimum Gasteiger partial charge on any atom is -0.383 e. The Balaban J connectivity index is 2.44. The van der Waals surface area contributed by atoms with Crippen LogP contribution < -0.4 is 0 Å². The Bertz CT molecular complexity index is 264. The van der Waals surface area contributed by atoms with Gasteiger partial charge in [-0.05, 0) is 12.5 Å². The van der Waals surface area contributed by atoms with Crippen LogP contribution in [0, 0.1) is 6.92 Å². The molecule has 1 aromatic rings. The van der Waals surface area contributed by atoms with Crippen molar-refractivity contribution < 1.29 is 4.74 Å². The van der Waals surface area contributed by atoms with Crippen molar-refractivity contribution in [3.63, 3.8) is 0 Å². The zero-order valence-corrected chi connectivity index (χ0v) is 8.16. The Hall–Kier alpha value is -1.15. The van der Waals surface area contributed by atoms with Gasteiger partial charge in [0, 0.05) is 13.3 Å². The summed E-state index contributed by atoms with van der Waals surface area (Å²) in [7, 11) is 1.68. The van der Waals surface area contributed by atoms with Crippen molar-refractivity contribution >= 4 is 6.21 Å². The summed E-state index contributed by atoms with van der Waals surface area (Å²) in [5, 5.41) is 0. The van der Waals surface area contributed by atoms with Gasteiger partial charge in [-0.15, -0.1) is 0 Å². The lowest BCUT2D eigenvalue weighted by Crippen LogP contribution is -1.93. The molecule has 0 aliphatic carbocycles. The third kappa shape index (κ3) is 3.85. The summed E-state index contributed by atoms with van der Waals surface area (Å²) >= 11 is 0. The SMILES string of the molecule is COCCN=Cc1ccc(C)cc1. The summed E-state index contributed by atoms with van der Waals surface area (Å²) in [5.41, 5.74) is 2.41. The van der Waals surface area contributed by atoms with Crippen molar-refractivity contribution in [2.75, 3.05) is 20.3 Å². The van der Waals surface area contributed by atoms with Gasteiger partial charge >= 0.3 is 0 Å². The fourth-order valence-corrected chi connectivity index (χ4v) is 0.966. The third-order valence-corrected chi connectivity index (χ3v) is 1.74. The molecule has 0 bridgehead atoms. The molecule has 2 nitrogen and oxygen atoms in total. The molecule has 2 heteroatoms. The molecular formula is C11H15NO. The smallest absolute Gasteiger partial charge is 0.0658 e. The number of methoxy groups -OCH3 is 1. The lowest BCUT2D eigenvalue weighted by atomic mass is 10.2. The second kappa shape index (κ2) is 5.49. The molecule has 70 valence electrons. The molecule has 0 fully saturated rings. The van der Waals surface area contributed by atoms with Gasteiger partial charge in [0.2, 0.25) is 0 Å². The molecule has 0 N–H and O–H groups in total. The predicted octanol–water partition coefficient (Wildman–Crippen LogP) is 2.06. The van der Waals surface area contributed by atoms with Crippen LogP contribution in [0.15, 0.2) is 29.3 Å². The Kier molecular flexibility index (Phi) is 4.19. The predicted molar refractivity (Wildman–Crippen MR) is 55.5 cm³/mol. The summed E-state index contributed by atoms with van der Waals surface area (Å²) in [4.78, 5) is 4.21. The molecule has 0 spiro atoms. The molecule has 1 aromatic carbocycles. The van der Waals surface area contributed by atoms with Crippen LogP contribution >= 0.6 is 0 Å². The van der Waals surface area contributed by atoms with Gasteiger partial charge < -0.3 is 4.74 Å². The van der Waals surface area contributed by atoms with Gasteiger partial charge in [-0.1, -0.05) is 29.8 Å². The Morgan fingerprint density at radius 1 is 1.31 bits per heavy atom. The number of aliphatic imine (C=N–C) groups is 1. The first kappa shape index (κ1) is 9.93. The fraction of sp³-hybridized carbons (Fsp3) is 0.364. The largest absolute Gasteiger partial charge is 0.383 e. The Morgan fingerprint density at radius 2 is 2.00 bits per heavy atom. The summed E-state index contributed by atoms with van der Waals surface area (Å²) < 4.78 is 4.89. The van der Waals surface area contributed by atoms with Crippen LogP contribution in [0.2, 0.25) is 0 Å². The van der Waals surface area contributed by atoms with Gasteiger partial charge in [-0.2, -0.15) is 0 Å². The number of hydrogen-bond acceptors (Lipinski definition) is 2. The van der Waals surface area contributed by atoms with Crippen molar-refractivity contribution in [2.24, 2.45) is 4.99 Å². The summed E-state index contributed by atoms with van der Waals surface area (Å²) in [6, 6.07) is 8.28. The molecule has 0 aromatic heterocycles. The quantitative estimate of drug-likeness (QED) is 0.509. The van der Waals surface area contributed by atoms with Crippen molar-refractivity contribution in [3.05, 3.63) is 35.4 Å². The molecular weight excluding hydrogens is 162 g/mol. The third-order valence-electron chi connectivity index (χ3n) is 1.74. The highest BCUT2D eigenvalue weighted by atomic mass is 16.5. The average molecular weight is 177 g/mol. The molecule has 1 rings (SSSR count). The van der Waals surface area contributed by atoms with Crippen LogP contribution in [0.1, 0.15) is 11.1 Å². The maximum absolute atomic E-state index is 4.89. The van der Waals surface area contributed by atoms with E-state index < -0.39 is 0 Å². The Labute approximate surface area is 79.3 Å². The van der Waals surface area contributed by atoms with Gasteiger partial charge in [-0.3, -0.25) is 4.99 Å². The maximum Gasteiger partial charge on any atom is 0.0658 e. The van der Waals surface area contributed by atoms with Gasteiger partial charge in [0.1, 0.15) is 0 Å². The van der Waals surface area contributed by atoms with E-state index in [0.29, 0.717) is 6.61 Å². The van der Waals surface area contributed by atoms with Crippen LogP contribution in [0.5, 0.6) is 0 Å². The molecule has 0 unspecified atom stereocenters. The fourth-order valence-electron chi connectivity index (χ4n) is 0.966. The monoisotopic (exact) mass is 177 g/mol. The van der Waals surface area contributed by atoms with Crippen molar-refractivity contribution in [1.82, 2.24) is 0 Å². The summed E-state index contributed by atoms with van der Waals surface area (Å²) in [6.45, 7) is 3.48. The van der Waals surface area contributed by atoms with E-state index in [1.54, 1.807) is 7.11 Å². The Morgan fingerprint density at radius 3 is 2.62 bits per heavy atom. The minimum atomic E-state index is 0.683. The summed E-state index contributed by atoms with van der Waals surface area (Å²) in [6.07, 6.45) is 1.87. The molecule has 0 heterocycles. The molecule has 0 radical (unpaired) electrons. The molecule has 0 saturated heterocycles. The molecule has 0 atom stereocenters. The van der Waals surface area contributed by atoms with Crippen molar-refractivity contribution in [3.8, 4) is 0 Å². The second-order valence-corrected chi connectivity index (χ2v) is 2.94. The first-order valence-electron chi connectivity index (χ1n) is 4.38. The standard InChI is InChI=1S/C11H15NO/c1-10-3-5-11(6-4-10)9-12-7-8-13-2/h3-6,9H,7-8H2,1-2H3. The molecule has 0 saturated carbocycles. The zero-order valence-electron chi connectivity index (χ0n) is 8.16. The van der Waals surface area contributed by atoms with Gasteiger partial charge in [-0.25, -0.2) is 0 Å². The topological polar surface area (TPSA) is 21.6 Å². The minimum absolute atomic E-state index is 0.683. The number of rotatable bonds is 4. The zero-order chi connectivity index (χ0) is 9.52. The first-order chi connectivity index (χ1) is 6.33. The number of benzene rings is 1. The van der Waals surface area contributed by atoms with E-state index in [-0.39, 0.29) is 0 Å². The molecule has 0 aliphatic heterocycles. The molecule has 0 amide bonds. The average Bonchev–Trinajstić information content (AvgIpc) is 2.15. The normalized spacial score (nSPS) is 10.9. The number of aryl methyl sites for hydroxylation is 1. The molecule has 13 heavy (non-hydrogen) atoms. The van der Waals surface area contributed by atoms with E-state index in [1.807, 2.05) is 6.21 Å². The lowest BCUT2D eigenvalue weighted by Gasteiger charge is -1.94. The summed E-state index contributed by atoms with van der Waals surface area (Å²) in [5.74, 6) is 0. The van der Waals surface area contributed by atoms with E-state index in [0.717, 1.165) is 12.1 Å². The lowest BCUT2D eigenvalue weighted by molar-refractivity contribution is 0.208. The van der Waals surface area contributed by atoms with E-state index >= 15 is 0 Å². The van der Waals surface area contributed by atoms with Gasteiger partial charge in [0.15, 0.2) is 0 Å². The van der Waals surface area contributed by atoms with Crippen molar-refractivity contribution in [1.29, 1.82) is 0 Å². The van der Waals surface area contributed by atoms with Crippen LogP contribution in [-0.2, 0) is 4.74 Å². The van der Waals surface area contributed by atoms with E-state index in [1.165, 1.54) is 5.56 Å². The molecule has 0 aliphatic rings. The van der Waals surface area contributed by atoms with Crippen LogP contribution in [0.3, 0.4) is 0 Å². The highest BCUT2D eigenvalue weighted by molar-refractivity contribution is 5.79. The first-order valence-corrected chi connectivity index (χ1v) is 4.38. The van der Waals surface area contributed by atoms with Crippen molar-refractivity contribution in [2.45, 2.75) is 6.92 Å².